The standard InChI is InChI=1S/C15H16O4/c1-10-5-6-14(18-2)12(8-10)13(15(16)17)9-11-4-3-7-19-11/h3-8,13H,9H2,1-2H3,(H,16,17). The average molecular weight is 260 g/mol. The van der Waals surface area contributed by atoms with Crippen LogP contribution >= 0.6 is 0 Å². The van der Waals surface area contributed by atoms with Crippen molar-refractivity contribution in [3.8, 4) is 5.75 Å². The quantitative estimate of drug-likeness (QED) is 0.897. The van der Waals surface area contributed by atoms with Crippen LogP contribution in [0.15, 0.2) is 41.0 Å². The number of methoxy groups -OCH3 is 1. The van der Waals surface area contributed by atoms with Gasteiger partial charge in [0.05, 0.1) is 19.3 Å². The lowest BCUT2D eigenvalue weighted by Gasteiger charge is -2.16. The molecule has 0 saturated carbocycles. The van der Waals surface area contributed by atoms with E-state index in [1.165, 1.54) is 0 Å². The van der Waals surface area contributed by atoms with Crippen LogP contribution in [0, 0.1) is 6.92 Å². The largest absolute Gasteiger partial charge is 0.496 e. The van der Waals surface area contributed by atoms with Gasteiger partial charge in [-0.2, -0.15) is 0 Å². The van der Waals surface area contributed by atoms with Gasteiger partial charge in [0, 0.05) is 12.0 Å². The van der Waals surface area contributed by atoms with Gasteiger partial charge in [-0.05, 0) is 25.1 Å². The van der Waals surface area contributed by atoms with Crippen molar-refractivity contribution in [3.63, 3.8) is 0 Å². The van der Waals surface area contributed by atoms with Gasteiger partial charge in [-0.3, -0.25) is 4.79 Å². The summed E-state index contributed by atoms with van der Waals surface area (Å²) < 4.78 is 10.5. The minimum atomic E-state index is -0.889. The molecule has 2 rings (SSSR count). The number of carboxylic acids is 1. The molecule has 0 saturated heterocycles. The molecule has 1 aromatic heterocycles. The first-order valence-electron chi connectivity index (χ1n) is 6.01. The zero-order valence-electron chi connectivity index (χ0n) is 10.9. The Hall–Kier alpha value is -2.23. The number of hydrogen-bond acceptors (Lipinski definition) is 3. The SMILES string of the molecule is COc1ccc(C)cc1C(Cc1ccco1)C(=O)O. The molecule has 4 heteroatoms. The Morgan fingerprint density at radius 3 is 2.79 bits per heavy atom. The lowest BCUT2D eigenvalue weighted by Crippen LogP contribution is -2.15. The van der Waals surface area contributed by atoms with Gasteiger partial charge in [-0.25, -0.2) is 0 Å². The number of benzene rings is 1. The summed E-state index contributed by atoms with van der Waals surface area (Å²) in [5.74, 6) is -0.332. The number of furan rings is 1. The molecular formula is C15H16O4. The minimum Gasteiger partial charge on any atom is -0.496 e. The molecule has 1 unspecified atom stereocenters. The molecule has 0 aliphatic heterocycles. The second-order valence-electron chi connectivity index (χ2n) is 4.42. The third-order valence-corrected chi connectivity index (χ3v) is 3.04. The lowest BCUT2D eigenvalue weighted by atomic mass is 9.92. The van der Waals surface area contributed by atoms with Crippen molar-refractivity contribution in [1.82, 2.24) is 0 Å². The minimum absolute atomic E-state index is 0.308. The first kappa shape index (κ1) is 13.2. The van der Waals surface area contributed by atoms with Crippen molar-refractivity contribution >= 4 is 5.97 Å². The summed E-state index contributed by atoms with van der Waals surface area (Å²) in [6, 6.07) is 9.07. The van der Waals surface area contributed by atoms with Crippen LogP contribution in [0.3, 0.4) is 0 Å². The summed E-state index contributed by atoms with van der Waals surface area (Å²) >= 11 is 0. The van der Waals surface area contributed by atoms with Crippen molar-refractivity contribution < 1.29 is 19.1 Å². The third-order valence-electron chi connectivity index (χ3n) is 3.04. The van der Waals surface area contributed by atoms with Gasteiger partial charge < -0.3 is 14.3 Å². The van der Waals surface area contributed by atoms with Gasteiger partial charge >= 0.3 is 5.97 Å². The molecule has 1 atom stereocenters. The number of aliphatic carboxylic acids is 1. The van der Waals surface area contributed by atoms with E-state index in [9.17, 15) is 9.90 Å². The summed E-state index contributed by atoms with van der Waals surface area (Å²) in [6.45, 7) is 1.93. The lowest BCUT2D eigenvalue weighted by molar-refractivity contribution is -0.138. The van der Waals surface area contributed by atoms with Gasteiger partial charge in [-0.15, -0.1) is 0 Å². The van der Waals surface area contributed by atoms with E-state index in [4.69, 9.17) is 9.15 Å². The number of carbonyl (C=O) groups is 1. The summed E-state index contributed by atoms with van der Waals surface area (Å²) in [5, 5.41) is 9.44. The molecule has 19 heavy (non-hydrogen) atoms. The molecule has 0 spiro atoms. The maximum absolute atomic E-state index is 11.5. The fourth-order valence-electron chi connectivity index (χ4n) is 2.09. The summed E-state index contributed by atoms with van der Waals surface area (Å²) in [4.78, 5) is 11.5. The van der Waals surface area contributed by atoms with Gasteiger partial charge in [0.25, 0.3) is 0 Å². The second-order valence-corrected chi connectivity index (χ2v) is 4.42. The molecule has 2 aromatic rings. The Morgan fingerprint density at radius 2 is 2.21 bits per heavy atom. The molecule has 100 valence electrons. The van der Waals surface area contributed by atoms with Crippen molar-refractivity contribution in [2.45, 2.75) is 19.3 Å². The molecule has 0 radical (unpaired) electrons. The molecule has 0 aliphatic carbocycles. The van der Waals surface area contributed by atoms with E-state index < -0.39 is 11.9 Å². The fourth-order valence-corrected chi connectivity index (χ4v) is 2.09. The van der Waals surface area contributed by atoms with Gasteiger partial charge in [0.1, 0.15) is 11.5 Å². The van der Waals surface area contributed by atoms with Gasteiger partial charge in [0.15, 0.2) is 0 Å². The third kappa shape index (κ3) is 2.96. The van der Waals surface area contributed by atoms with Crippen LogP contribution in [0.4, 0.5) is 0 Å². The Labute approximate surface area is 111 Å². The Kier molecular flexibility index (Phi) is 3.90. The molecular weight excluding hydrogens is 244 g/mol. The molecule has 1 aromatic carbocycles. The van der Waals surface area contributed by atoms with E-state index in [2.05, 4.69) is 0 Å². The molecule has 0 fully saturated rings. The highest BCUT2D eigenvalue weighted by molar-refractivity contribution is 5.77. The van der Waals surface area contributed by atoms with Crippen molar-refractivity contribution in [1.29, 1.82) is 0 Å². The number of rotatable bonds is 5. The number of hydrogen-bond donors (Lipinski definition) is 1. The predicted octanol–water partition coefficient (Wildman–Crippen LogP) is 3.01. The average Bonchev–Trinajstić information content (AvgIpc) is 2.88. The van der Waals surface area contributed by atoms with E-state index in [1.54, 1.807) is 31.6 Å². The van der Waals surface area contributed by atoms with Crippen molar-refractivity contribution in [3.05, 3.63) is 53.5 Å². The predicted molar refractivity (Wildman–Crippen MR) is 70.5 cm³/mol. The normalized spacial score (nSPS) is 12.1. The Morgan fingerprint density at radius 1 is 1.42 bits per heavy atom. The van der Waals surface area contributed by atoms with Crippen LogP contribution in [0.25, 0.3) is 0 Å². The summed E-state index contributed by atoms with van der Waals surface area (Å²) in [6.07, 6.45) is 1.85. The summed E-state index contributed by atoms with van der Waals surface area (Å²) in [7, 11) is 1.54. The highest BCUT2D eigenvalue weighted by atomic mass is 16.5. The van der Waals surface area contributed by atoms with Crippen LogP contribution in [0.1, 0.15) is 22.8 Å². The van der Waals surface area contributed by atoms with E-state index in [1.807, 2.05) is 19.1 Å². The first-order chi connectivity index (χ1) is 9.11. The van der Waals surface area contributed by atoms with Crippen LogP contribution in [-0.2, 0) is 11.2 Å². The van der Waals surface area contributed by atoms with Crippen molar-refractivity contribution in [2.75, 3.05) is 7.11 Å². The molecule has 0 amide bonds. The fraction of sp³-hybridized carbons (Fsp3) is 0.267. The zero-order chi connectivity index (χ0) is 13.8. The highest BCUT2D eigenvalue weighted by Crippen LogP contribution is 2.30. The smallest absolute Gasteiger partial charge is 0.311 e. The van der Waals surface area contributed by atoms with E-state index in [-0.39, 0.29) is 0 Å². The first-order valence-corrected chi connectivity index (χ1v) is 6.01. The van der Waals surface area contributed by atoms with E-state index in [0.717, 1.165) is 5.56 Å². The maximum Gasteiger partial charge on any atom is 0.311 e. The monoisotopic (exact) mass is 260 g/mol. The van der Waals surface area contributed by atoms with E-state index in [0.29, 0.717) is 23.5 Å². The van der Waals surface area contributed by atoms with Crippen molar-refractivity contribution in [2.24, 2.45) is 0 Å². The molecule has 1 N–H and O–H groups in total. The van der Waals surface area contributed by atoms with Crippen LogP contribution in [0.2, 0.25) is 0 Å². The second kappa shape index (κ2) is 5.61. The number of ether oxygens (including phenoxy) is 1. The topological polar surface area (TPSA) is 59.7 Å². The van der Waals surface area contributed by atoms with Crippen LogP contribution in [-0.4, -0.2) is 18.2 Å². The molecule has 1 heterocycles. The number of carboxylic acid groups (broad SMARTS) is 1. The zero-order valence-corrected chi connectivity index (χ0v) is 10.9. The molecule has 0 bridgehead atoms. The van der Waals surface area contributed by atoms with Gasteiger partial charge in [-0.1, -0.05) is 17.7 Å². The molecule has 0 aliphatic rings. The van der Waals surface area contributed by atoms with Crippen LogP contribution < -0.4 is 4.74 Å². The van der Waals surface area contributed by atoms with Gasteiger partial charge in [0.2, 0.25) is 0 Å². The molecule has 4 nitrogen and oxygen atoms in total. The maximum atomic E-state index is 11.5. The summed E-state index contributed by atoms with van der Waals surface area (Å²) in [5.41, 5.74) is 1.67. The van der Waals surface area contributed by atoms with E-state index >= 15 is 0 Å². The number of aryl methyl sites for hydroxylation is 1. The Bertz CT molecular complexity index is 558. The van der Waals surface area contributed by atoms with Crippen LogP contribution in [0.5, 0.6) is 5.75 Å². The Balaban J connectivity index is 2.38. The highest BCUT2D eigenvalue weighted by Gasteiger charge is 2.25.